The first-order valence-electron chi connectivity index (χ1n) is 6.48. The molecule has 0 aromatic carbocycles. The average molecular weight is 272 g/mol. The molecule has 0 atom stereocenters. The van der Waals surface area contributed by atoms with Crippen molar-refractivity contribution in [2.24, 2.45) is 0 Å². The molecule has 17 heavy (non-hydrogen) atoms. The molecule has 0 bridgehead atoms. The first-order valence-corrected chi connectivity index (χ1v) is 12.5. The van der Waals surface area contributed by atoms with Crippen molar-refractivity contribution in [2.75, 3.05) is 4.23 Å². The number of anilines is 1. The predicted molar refractivity (Wildman–Crippen MR) is 77.3 cm³/mol. The van der Waals surface area contributed by atoms with Crippen LogP contribution in [0.15, 0.2) is 10.9 Å². The molecule has 0 saturated heterocycles. The molecule has 0 radical (unpaired) electrons. The Kier molecular flexibility index (Phi) is 4.54. The van der Waals surface area contributed by atoms with Gasteiger partial charge in [0.1, 0.15) is 8.24 Å². The van der Waals surface area contributed by atoms with Crippen molar-refractivity contribution in [1.29, 1.82) is 0 Å². The highest BCUT2D eigenvalue weighted by atomic mass is 28.4. The maximum absolute atomic E-state index is 5.37. The van der Waals surface area contributed by atoms with Crippen molar-refractivity contribution < 1.29 is 4.52 Å². The highest BCUT2D eigenvalue weighted by molar-refractivity contribution is 7.00. The molecule has 0 aliphatic rings. The summed E-state index contributed by atoms with van der Waals surface area (Å²) < 4.78 is 7.93. The average Bonchev–Trinajstić information content (AvgIpc) is 2.77. The number of hydrogen-bond acceptors (Lipinski definition) is 4. The molecule has 1 aromatic rings. The smallest absolute Gasteiger partial charge is 0.307 e. The third-order valence-corrected chi connectivity index (χ3v) is 13.7. The fourth-order valence-corrected chi connectivity index (χ4v) is 13.4. The molecule has 1 aromatic heterocycles. The van der Waals surface area contributed by atoms with E-state index in [0.717, 1.165) is 6.01 Å². The molecule has 0 spiro atoms. The van der Waals surface area contributed by atoms with Crippen LogP contribution in [0, 0.1) is 0 Å². The second kappa shape index (κ2) is 5.35. The minimum absolute atomic E-state index is 0.751. The first-order chi connectivity index (χ1) is 7.91. The lowest BCUT2D eigenvalue weighted by Crippen LogP contribution is -2.63. The SMILES string of the molecule is CC[Si](CC)(CC)N(c1ncno1)[Si](C)(C)C. The Hall–Kier alpha value is -0.626. The van der Waals surface area contributed by atoms with Gasteiger partial charge in [0.25, 0.3) is 0 Å². The van der Waals surface area contributed by atoms with Gasteiger partial charge in [-0.2, -0.15) is 4.98 Å². The summed E-state index contributed by atoms with van der Waals surface area (Å²) in [6, 6.07) is 4.48. The van der Waals surface area contributed by atoms with Crippen LogP contribution in [0.5, 0.6) is 0 Å². The van der Waals surface area contributed by atoms with Gasteiger partial charge in [-0.1, -0.05) is 45.6 Å². The summed E-state index contributed by atoms with van der Waals surface area (Å²) in [5.41, 5.74) is 0. The van der Waals surface area contributed by atoms with Crippen LogP contribution in [0.2, 0.25) is 37.8 Å². The Bertz CT molecular complexity index is 323. The van der Waals surface area contributed by atoms with Gasteiger partial charge >= 0.3 is 6.01 Å². The third-order valence-electron chi connectivity index (χ3n) is 3.66. The van der Waals surface area contributed by atoms with E-state index < -0.39 is 16.5 Å². The molecule has 0 unspecified atom stereocenters. The van der Waals surface area contributed by atoms with Crippen molar-refractivity contribution in [3.63, 3.8) is 0 Å². The first kappa shape index (κ1) is 14.4. The Morgan fingerprint density at radius 1 is 1.12 bits per heavy atom. The molecule has 0 fully saturated rings. The van der Waals surface area contributed by atoms with Gasteiger partial charge < -0.3 is 8.75 Å². The highest BCUT2D eigenvalue weighted by Gasteiger charge is 2.43. The van der Waals surface area contributed by atoms with Gasteiger partial charge in [0.05, 0.1) is 0 Å². The van der Waals surface area contributed by atoms with Gasteiger partial charge in [-0.05, 0) is 18.1 Å². The zero-order valence-corrected chi connectivity index (χ0v) is 13.9. The second-order valence-corrected chi connectivity index (χ2v) is 15.8. The van der Waals surface area contributed by atoms with E-state index in [1.807, 2.05) is 0 Å². The Balaban J connectivity index is 3.23. The van der Waals surface area contributed by atoms with Crippen LogP contribution in [0.1, 0.15) is 20.8 Å². The van der Waals surface area contributed by atoms with E-state index in [1.54, 1.807) is 0 Å². The molecular formula is C11H25N3OSi2. The molecule has 0 aliphatic heterocycles. The minimum atomic E-state index is -1.49. The molecule has 6 heteroatoms. The lowest BCUT2D eigenvalue weighted by atomic mass is 10.9. The molecule has 0 N–H and O–H groups in total. The van der Waals surface area contributed by atoms with Gasteiger partial charge in [0.2, 0.25) is 0 Å². The van der Waals surface area contributed by atoms with Gasteiger partial charge in [-0.15, -0.1) is 0 Å². The van der Waals surface area contributed by atoms with Gasteiger partial charge in [0.15, 0.2) is 14.6 Å². The summed E-state index contributed by atoms with van der Waals surface area (Å²) in [4.78, 5) is 4.31. The summed E-state index contributed by atoms with van der Waals surface area (Å²) in [6.07, 6.45) is 1.52. The fourth-order valence-electron chi connectivity index (χ4n) is 2.69. The van der Waals surface area contributed by atoms with Gasteiger partial charge in [-0.25, -0.2) is 0 Å². The monoisotopic (exact) mass is 271 g/mol. The maximum atomic E-state index is 5.37. The Morgan fingerprint density at radius 3 is 1.94 bits per heavy atom. The predicted octanol–water partition coefficient (Wildman–Crippen LogP) is 3.72. The topological polar surface area (TPSA) is 42.2 Å². The van der Waals surface area contributed by atoms with E-state index in [1.165, 1.54) is 24.5 Å². The van der Waals surface area contributed by atoms with E-state index in [9.17, 15) is 0 Å². The molecule has 0 saturated carbocycles. The second-order valence-electron chi connectivity index (χ2n) is 5.52. The van der Waals surface area contributed by atoms with Gasteiger partial charge in [0, 0.05) is 0 Å². The van der Waals surface area contributed by atoms with E-state index in [2.05, 4.69) is 54.8 Å². The van der Waals surface area contributed by atoms with Crippen molar-refractivity contribution in [3.05, 3.63) is 6.33 Å². The number of aromatic nitrogens is 2. The van der Waals surface area contributed by atoms with E-state index in [0.29, 0.717) is 0 Å². The van der Waals surface area contributed by atoms with E-state index in [4.69, 9.17) is 4.52 Å². The highest BCUT2D eigenvalue weighted by Crippen LogP contribution is 2.33. The summed E-state index contributed by atoms with van der Waals surface area (Å²) in [7, 11) is -2.98. The van der Waals surface area contributed by atoms with Crippen LogP contribution >= 0.6 is 0 Å². The minimum Gasteiger partial charge on any atom is -0.378 e. The number of hydrogen-bond donors (Lipinski definition) is 0. The molecule has 0 amide bonds. The summed E-state index contributed by atoms with van der Waals surface area (Å²) in [6.45, 7) is 14.0. The third kappa shape index (κ3) is 2.79. The van der Waals surface area contributed by atoms with Crippen LogP contribution in [-0.4, -0.2) is 26.6 Å². The quantitative estimate of drug-likeness (QED) is 0.740. The van der Waals surface area contributed by atoms with Crippen molar-refractivity contribution in [2.45, 2.75) is 58.5 Å². The van der Waals surface area contributed by atoms with Crippen molar-refractivity contribution >= 4 is 22.5 Å². The lowest BCUT2D eigenvalue weighted by molar-refractivity contribution is 0.428. The van der Waals surface area contributed by atoms with Crippen molar-refractivity contribution in [1.82, 2.24) is 10.1 Å². The van der Waals surface area contributed by atoms with Crippen LogP contribution in [0.3, 0.4) is 0 Å². The molecule has 0 aliphatic carbocycles. The fraction of sp³-hybridized carbons (Fsp3) is 0.818. The number of nitrogens with zero attached hydrogens (tertiary/aromatic N) is 3. The Labute approximate surface area is 107 Å². The Morgan fingerprint density at radius 2 is 1.65 bits per heavy atom. The van der Waals surface area contributed by atoms with Crippen LogP contribution in [0.25, 0.3) is 0 Å². The summed E-state index contributed by atoms with van der Waals surface area (Å²) in [5.74, 6) is 0. The van der Waals surface area contributed by atoms with Gasteiger partial charge in [-0.3, -0.25) is 0 Å². The van der Waals surface area contributed by atoms with E-state index >= 15 is 0 Å². The van der Waals surface area contributed by atoms with Crippen molar-refractivity contribution in [3.8, 4) is 0 Å². The standard InChI is InChI=1S/C11H25N3OSi2/c1-7-17(8-2,9-3)14(16(4,5)6)11-12-10-13-15-11/h10H,7-9H2,1-6H3. The molecule has 1 heterocycles. The molecular weight excluding hydrogens is 246 g/mol. The number of rotatable bonds is 6. The maximum Gasteiger partial charge on any atom is 0.307 e. The normalized spacial score (nSPS) is 12.8. The zero-order chi connectivity index (χ0) is 13.1. The van der Waals surface area contributed by atoms with Crippen LogP contribution in [0.4, 0.5) is 6.01 Å². The lowest BCUT2D eigenvalue weighted by Gasteiger charge is -2.47. The van der Waals surface area contributed by atoms with Crippen LogP contribution in [-0.2, 0) is 0 Å². The summed E-state index contributed by atoms with van der Waals surface area (Å²) >= 11 is 0. The molecule has 4 nitrogen and oxygen atoms in total. The summed E-state index contributed by atoms with van der Waals surface area (Å²) in [5, 5.41) is 3.79. The molecule has 98 valence electrons. The zero-order valence-electron chi connectivity index (χ0n) is 11.9. The largest absolute Gasteiger partial charge is 0.378 e. The van der Waals surface area contributed by atoms with E-state index in [-0.39, 0.29) is 0 Å². The molecule has 1 rings (SSSR count). The van der Waals surface area contributed by atoms with Crippen LogP contribution < -0.4 is 4.23 Å².